The van der Waals surface area contributed by atoms with Crippen molar-refractivity contribution in [3.05, 3.63) is 48.0 Å². The average Bonchev–Trinajstić information content (AvgIpc) is 2.75. The van der Waals surface area contributed by atoms with Crippen molar-refractivity contribution in [3.63, 3.8) is 0 Å². The van der Waals surface area contributed by atoms with Crippen LogP contribution in [0.1, 0.15) is 12.0 Å². The second kappa shape index (κ2) is 5.10. The van der Waals surface area contributed by atoms with E-state index in [-0.39, 0.29) is 6.10 Å². The molecule has 80 valence electrons. The van der Waals surface area contributed by atoms with Crippen LogP contribution < -0.4 is 5.73 Å². The van der Waals surface area contributed by atoms with Gasteiger partial charge in [-0.1, -0.05) is 42.5 Å². The molecule has 0 spiro atoms. The summed E-state index contributed by atoms with van der Waals surface area (Å²) in [6.45, 7) is 1.37. The van der Waals surface area contributed by atoms with E-state index in [4.69, 9.17) is 10.5 Å². The number of benzene rings is 1. The molecule has 0 bridgehead atoms. The van der Waals surface area contributed by atoms with Gasteiger partial charge in [-0.15, -0.1) is 0 Å². The number of ether oxygens (including phenoxy) is 1. The van der Waals surface area contributed by atoms with Gasteiger partial charge in [0, 0.05) is 5.92 Å². The first-order valence-electron chi connectivity index (χ1n) is 5.42. The fraction of sp³-hybridized carbons (Fsp3) is 0.385. The van der Waals surface area contributed by atoms with Gasteiger partial charge in [-0.05, 0) is 18.5 Å². The van der Waals surface area contributed by atoms with Gasteiger partial charge in [0.25, 0.3) is 0 Å². The smallest absolute Gasteiger partial charge is 0.0803 e. The highest BCUT2D eigenvalue weighted by molar-refractivity contribution is 5.14. The van der Waals surface area contributed by atoms with Crippen molar-refractivity contribution >= 4 is 0 Å². The van der Waals surface area contributed by atoms with Crippen molar-refractivity contribution in [3.8, 4) is 0 Å². The average molecular weight is 203 g/mol. The molecule has 1 aliphatic rings. The van der Waals surface area contributed by atoms with Crippen LogP contribution in [0.2, 0.25) is 0 Å². The van der Waals surface area contributed by atoms with Crippen molar-refractivity contribution < 1.29 is 4.74 Å². The topological polar surface area (TPSA) is 35.2 Å². The monoisotopic (exact) mass is 203 g/mol. The Morgan fingerprint density at radius 3 is 2.80 bits per heavy atom. The maximum absolute atomic E-state index is 5.83. The first kappa shape index (κ1) is 10.4. The van der Waals surface area contributed by atoms with Gasteiger partial charge in [0.2, 0.25) is 0 Å². The molecule has 1 aromatic carbocycles. The quantitative estimate of drug-likeness (QED) is 0.761. The molecular formula is C13H17NO. The molecule has 2 rings (SSSR count). The zero-order chi connectivity index (χ0) is 10.5. The SMILES string of the molecule is NC[C@H]1CC=C[C@H]1OCc1ccccc1. The molecule has 0 aliphatic heterocycles. The predicted molar refractivity (Wildman–Crippen MR) is 61.3 cm³/mol. The minimum atomic E-state index is 0.204. The fourth-order valence-electron chi connectivity index (χ4n) is 1.87. The minimum absolute atomic E-state index is 0.204. The van der Waals surface area contributed by atoms with Crippen LogP contribution in [0.25, 0.3) is 0 Å². The van der Waals surface area contributed by atoms with Gasteiger partial charge >= 0.3 is 0 Å². The molecule has 0 fully saturated rings. The van der Waals surface area contributed by atoms with E-state index in [1.807, 2.05) is 18.2 Å². The summed E-state index contributed by atoms with van der Waals surface area (Å²) in [6, 6.07) is 10.2. The number of hydrogen-bond donors (Lipinski definition) is 1. The lowest BCUT2D eigenvalue weighted by Gasteiger charge is -2.18. The van der Waals surface area contributed by atoms with Gasteiger partial charge < -0.3 is 10.5 Å². The Balaban J connectivity index is 1.85. The van der Waals surface area contributed by atoms with E-state index in [1.165, 1.54) is 5.56 Å². The zero-order valence-electron chi connectivity index (χ0n) is 8.80. The molecule has 15 heavy (non-hydrogen) atoms. The van der Waals surface area contributed by atoms with Crippen LogP contribution in [0.5, 0.6) is 0 Å². The first-order valence-corrected chi connectivity index (χ1v) is 5.42. The molecule has 0 unspecified atom stereocenters. The molecule has 2 atom stereocenters. The Morgan fingerprint density at radius 2 is 2.07 bits per heavy atom. The third kappa shape index (κ3) is 2.67. The highest BCUT2D eigenvalue weighted by atomic mass is 16.5. The number of hydrogen-bond acceptors (Lipinski definition) is 2. The second-order valence-corrected chi connectivity index (χ2v) is 3.92. The Labute approximate surface area is 90.7 Å². The molecule has 0 radical (unpaired) electrons. The molecule has 0 amide bonds. The minimum Gasteiger partial charge on any atom is -0.369 e. The summed E-state index contributed by atoms with van der Waals surface area (Å²) in [6.07, 6.45) is 5.54. The van der Waals surface area contributed by atoms with Gasteiger partial charge in [0.1, 0.15) is 0 Å². The number of allylic oxidation sites excluding steroid dienone is 1. The number of nitrogens with two attached hydrogens (primary N) is 1. The van der Waals surface area contributed by atoms with E-state index in [9.17, 15) is 0 Å². The second-order valence-electron chi connectivity index (χ2n) is 3.92. The maximum Gasteiger partial charge on any atom is 0.0803 e. The molecule has 2 heteroatoms. The molecule has 0 aromatic heterocycles. The van der Waals surface area contributed by atoms with Crippen LogP contribution in [0, 0.1) is 5.92 Å². The van der Waals surface area contributed by atoms with E-state index in [0.29, 0.717) is 19.1 Å². The standard InChI is InChI=1S/C13H17NO/c14-9-12-7-4-8-13(12)15-10-11-5-2-1-3-6-11/h1-6,8,12-13H,7,9-10,14H2/t12-,13-/m1/s1. The molecular weight excluding hydrogens is 186 g/mol. The molecule has 2 N–H and O–H groups in total. The molecule has 0 saturated heterocycles. The van der Waals surface area contributed by atoms with Crippen LogP contribution in [0.4, 0.5) is 0 Å². The molecule has 2 nitrogen and oxygen atoms in total. The zero-order valence-corrected chi connectivity index (χ0v) is 8.80. The third-order valence-corrected chi connectivity index (χ3v) is 2.82. The van der Waals surface area contributed by atoms with E-state index in [0.717, 1.165) is 6.42 Å². The third-order valence-electron chi connectivity index (χ3n) is 2.82. The van der Waals surface area contributed by atoms with Crippen molar-refractivity contribution in [1.29, 1.82) is 0 Å². The lowest BCUT2D eigenvalue weighted by atomic mass is 10.1. The summed E-state index contributed by atoms with van der Waals surface area (Å²) in [4.78, 5) is 0. The lowest BCUT2D eigenvalue weighted by Crippen LogP contribution is -2.25. The van der Waals surface area contributed by atoms with Gasteiger partial charge in [-0.25, -0.2) is 0 Å². The highest BCUT2D eigenvalue weighted by Gasteiger charge is 2.21. The Bertz CT molecular complexity index is 321. The van der Waals surface area contributed by atoms with E-state index >= 15 is 0 Å². The summed E-state index contributed by atoms with van der Waals surface area (Å²) >= 11 is 0. The van der Waals surface area contributed by atoms with Crippen LogP contribution in [0.3, 0.4) is 0 Å². The van der Waals surface area contributed by atoms with Gasteiger partial charge in [-0.2, -0.15) is 0 Å². The van der Waals surface area contributed by atoms with E-state index in [2.05, 4.69) is 24.3 Å². The summed E-state index contributed by atoms with van der Waals surface area (Å²) in [5.74, 6) is 0.466. The highest BCUT2D eigenvalue weighted by Crippen LogP contribution is 2.21. The summed E-state index contributed by atoms with van der Waals surface area (Å²) in [5, 5.41) is 0. The Kier molecular flexibility index (Phi) is 3.54. The van der Waals surface area contributed by atoms with Crippen molar-refractivity contribution in [1.82, 2.24) is 0 Å². The first-order chi connectivity index (χ1) is 7.40. The molecule has 1 aliphatic carbocycles. The fourth-order valence-corrected chi connectivity index (χ4v) is 1.87. The normalized spacial score (nSPS) is 24.6. The van der Waals surface area contributed by atoms with E-state index in [1.54, 1.807) is 0 Å². The lowest BCUT2D eigenvalue weighted by molar-refractivity contribution is 0.0425. The molecule has 1 aromatic rings. The number of rotatable bonds is 4. The van der Waals surface area contributed by atoms with Crippen molar-refractivity contribution in [2.75, 3.05) is 6.54 Å². The maximum atomic E-state index is 5.83. The summed E-state index contributed by atoms with van der Waals surface area (Å²) in [5.41, 5.74) is 6.89. The largest absolute Gasteiger partial charge is 0.369 e. The van der Waals surface area contributed by atoms with Crippen LogP contribution in [-0.2, 0) is 11.3 Å². The van der Waals surface area contributed by atoms with E-state index < -0.39 is 0 Å². The molecule has 0 saturated carbocycles. The van der Waals surface area contributed by atoms with Crippen LogP contribution >= 0.6 is 0 Å². The van der Waals surface area contributed by atoms with Crippen molar-refractivity contribution in [2.24, 2.45) is 11.7 Å². The molecule has 0 heterocycles. The van der Waals surface area contributed by atoms with Crippen molar-refractivity contribution in [2.45, 2.75) is 19.1 Å². The predicted octanol–water partition coefficient (Wildman–Crippen LogP) is 2.11. The van der Waals surface area contributed by atoms with Gasteiger partial charge in [0.05, 0.1) is 12.7 Å². The van der Waals surface area contributed by atoms with Gasteiger partial charge in [0.15, 0.2) is 0 Å². The summed E-state index contributed by atoms with van der Waals surface area (Å²) in [7, 11) is 0. The van der Waals surface area contributed by atoms with Crippen LogP contribution in [-0.4, -0.2) is 12.6 Å². The Hall–Kier alpha value is -1.12. The summed E-state index contributed by atoms with van der Waals surface area (Å²) < 4.78 is 5.83. The Morgan fingerprint density at radius 1 is 1.27 bits per heavy atom. The van der Waals surface area contributed by atoms with Gasteiger partial charge in [-0.3, -0.25) is 0 Å². The van der Waals surface area contributed by atoms with Crippen LogP contribution in [0.15, 0.2) is 42.5 Å².